The zero-order valence-electron chi connectivity index (χ0n) is 17.2. The van der Waals surface area contributed by atoms with Crippen molar-refractivity contribution < 1.29 is 18.3 Å². The number of carbonyl (C=O) groups excluding carboxylic acids is 1. The SMILES string of the molecule is Cc1ccc(C(=O)c2c(C)cc(CC(CO)(c3cccnc3)S(N)(=O)=O)n2C)cc1. The average molecular weight is 428 g/mol. The van der Waals surface area contributed by atoms with Crippen LogP contribution in [0.1, 0.15) is 38.4 Å². The molecule has 8 heteroatoms. The quantitative estimate of drug-likeness (QED) is 0.560. The van der Waals surface area contributed by atoms with E-state index in [0.29, 0.717) is 28.1 Å². The summed E-state index contributed by atoms with van der Waals surface area (Å²) in [5.74, 6) is -0.159. The number of ketones is 1. The van der Waals surface area contributed by atoms with Crippen molar-refractivity contribution in [3.05, 3.63) is 88.5 Å². The maximum atomic E-state index is 13.1. The average Bonchev–Trinajstić information content (AvgIpc) is 2.98. The molecule has 2 aromatic heterocycles. The van der Waals surface area contributed by atoms with E-state index >= 15 is 0 Å². The number of aromatic nitrogens is 2. The summed E-state index contributed by atoms with van der Waals surface area (Å²) in [5, 5.41) is 15.7. The number of pyridine rings is 1. The van der Waals surface area contributed by atoms with Crippen LogP contribution in [0.25, 0.3) is 0 Å². The van der Waals surface area contributed by atoms with E-state index < -0.39 is 21.4 Å². The molecule has 1 atom stereocenters. The minimum absolute atomic E-state index is 0.105. The van der Waals surface area contributed by atoms with Gasteiger partial charge in [-0.2, -0.15) is 0 Å². The highest BCUT2D eigenvalue weighted by Crippen LogP contribution is 2.33. The van der Waals surface area contributed by atoms with Crippen molar-refractivity contribution >= 4 is 15.8 Å². The summed E-state index contributed by atoms with van der Waals surface area (Å²) in [6, 6.07) is 12.2. The summed E-state index contributed by atoms with van der Waals surface area (Å²) in [7, 11) is -2.51. The van der Waals surface area contributed by atoms with Crippen LogP contribution in [-0.2, 0) is 28.2 Å². The lowest BCUT2D eigenvalue weighted by Crippen LogP contribution is -2.46. The Kier molecular flexibility index (Phi) is 5.94. The molecule has 0 radical (unpaired) electrons. The molecule has 3 aromatic rings. The fourth-order valence-corrected chi connectivity index (χ4v) is 4.67. The third-order valence-corrected chi connectivity index (χ3v) is 7.10. The van der Waals surface area contributed by atoms with E-state index in [0.717, 1.165) is 5.56 Å². The largest absolute Gasteiger partial charge is 0.394 e. The lowest BCUT2D eigenvalue weighted by Gasteiger charge is -2.30. The number of nitrogens with two attached hydrogens (primary N) is 1. The molecule has 0 saturated heterocycles. The van der Waals surface area contributed by atoms with Gasteiger partial charge in [-0.1, -0.05) is 35.9 Å². The summed E-state index contributed by atoms with van der Waals surface area (Å²) in [6.45, 7) is 3.02. The number of hydrogen-bond acceptors (Lipinski definition) is 5. The Morgan fingerprint density at radius 1 is 1.20 bits per heavy atom. The molecule has 1 unspecified atom stereocenters. The second kappa shape index (κ2) is 8.14. The van der Waals surface area contributed by atoms with Crippen LogP contribution in [0.3, 0.4) is 0 Å². The monoisotopic (exact) mass is 427 g/mol. The molecule has 1 aromatic carbocycles. The van der Waals surface area contributed by atoms with Gasteiger partial charge in [0, 0.05) is 37.1 Å². The first-order valence-corrected chi connectivity index (χ1v) is 11.0. The fraction of sp³-hybridized carbons (Fsp3) is 0.273. The third kappa shape index (κ3) is 3.81. The van der Waals surface area contributed by atoms with Gasteiger partial charge in [0.15, 0.2) is 0 Å². The van der Waals surface area contributed by atoms with E-state index in [-0.39, 0.29) is 12.2 Å². The Hall–Kier alpha value is -2.81. The lowest BCUT2D eigenvalue weighted by molar-refractivity contribution is 0.103. The predicted octanol–water partition coefficient (Wildman–Crippen LogP) is 1.99. The van der Waals surface area contributed by atoms with Crippen LogP contribution in [0.2, 0.25) is 0 Å². The molecular formula is C22H25N3O4S. The number of carbonyl (C=O) groups is 1. The number of aliphatic hydroxyl groups excluding tert-OH is 1. The van der Waals surface area contributed by atoms with E-state index in [2.05, 4.69) is 4.98 Å². The number of sulfonamides is 1. The van der Waals surface area contributed by atoms with Gasteiger partial charge in [-0.05, 0) is 37.1 Å². The highest BCUT2D eigenvalue weighted by Gasteiger charge is 2.44. The number of benzene rings is 1. The molecule has 0 aliphatic carbocycles. The second-order valence-corrected chi connectivity index (χ2v) is 9.41. The summed E-state index contributed by atoms with van der Waals surface area (Å²) in [6.07, 6.45) is 2.79. The normalized spacial score (nSPS) is 13.8. The van der Waals surface area contributed by atoms with Crippen LogP contribution in [-0.4, -0.2) is 35.5 Å². The van der Waals surface area contributed by atoms with Crippen molar-refractivity contribution in [1.29, 1.82) is 0 Å². The standard InChI is InChI=1S/C22H25N3O4S/c1-15-6-8-17(9-7-15)21(27)20-16(2)11-19(25(20)3)12-22(14-26,30(23,28)29)18-5-4-10-24-13-18/h4-11,13,26H,12,14H2,1-3H3,(H2,23,28,29). The first-order valence-electron chi connectivity index (χ1n) is 9.41. The van der Waals surface area contributed by atoms with Crippen LogP contribution in [0, 0.1) is 13.8 Å². The van der Waals surface area contributed by atoms with Crippen LogP contribution in [0.4, 0.5) is 0 Å². The summed E-state index contributed by atoms with van der Waals surface area (Å²) in [4.78, 5) is 17.1. The van der Waals surface area contributed by atoms with E-state index in [1.54, 1.807) is 48.9 Å². The third-order valence-electron chi connectivity index (χ3n) is 5.51. The molecule has 0 bridgehead atoms. The topological polar surface area (TPSA) is 115 Å². The fourth-order valence-electron chi connectivity index (χ4n) is 3.69. The first kappa shape index (κ1) is 21.9. The zero-order chi connectivity index (χ0) is 22.1. The molecule has 30 heavy (non-hydrogen) atoms. The van der Waals surface area contributed by atoms with Crippen LogP contribution >= 0.6 is 0 Å². The van der Waals surface area contributed by atoms with Crippen molar-refractivity contribution in [1.82, 2.24) is 9.55 Å². The Labute approximate surface area is 176 Å². The van der Waals surface area contributed by atoms with E-state index in [1.165, 1.54) is 12.4 Å². The molecule has 7 nitrogen and oxygen atoms in total. The maximum Gasteiger partial charge on any atom is 0.221 e. The molecule has 3 rings (SSSR count). The van der Waals surface area contributed by atoms with Gasteiger partial charge < -0.3 is 9.67 Å². The highest BCUT2D eigenvalue weighted by atomic mass is 32.2. The number of aliphatic hydroxyl groups is 1. The van der Waals surface area contributed by atoms with Gasteiger partial charge in [-0.25, -0.2) is 13.6 Å². The molecule has 0 spiro atoms. The molecule has 0 aliphatic heterocycles. The van der Waals surface area contributed by atoms with E-state index in [1.807, 2.05) is 19.1 Å². The van der Waals surface area contributed by atoms with Gasteiger partial charge >= 0.3 is 0 Å². The molecule has 0 fully saturated rings. The van der Waals surface area contributed by atoms with Crippen molar-refractivity contribution in [2.75, 3.05) is 6.61 Å². The highest BCUT2D eigenvalue weighted by molar-refractivity contribution is 7.90. The smallest absolute Gasteiger partial charge is 0.221 e. The maximum absolute atomic E-state index is 13.1. The molecule has 158 valence electrons. The minimum Gasteiger partial charge on any atom is -0.394 e. The number of rotatable bonds is 7. The molecular weight excluding hydrogens is 402 g/mol. The first-order chi connectivity index (χ1) is 14.1. The van der Waals surface area contributed by atoms with Crippen molar-refractivity contribution in [2.45, 2.75) is 25.0 Å². The Bertz CT molecular complexity index is 1170. The number of hydrogen-bond donors (Lipinski definition) is 2. The van der Waals surface area contributed by atoms with Gasteiger partial charge in [0.05, 0.1) is 12.3 Å². The Balaban J connectivity index is 2.09. The number of nitrogens with zero attached hydrogens (tertiary/aromatic N) is 2. The van der Waals surface area contributed by atoms with Gasteiger partial charge in [0.2, 0.25) is 15.8 Å². The molecule has 0 saturated carbocycles. The van der Waals surface area contributed by atoms with Crippen molar-refractivity contribution in [2.24, 2.45) is 12.2 Å². The van der Waals surface area contributed by atoms with Crippen LogP contribution in [0.5, 0.6) is 0 Å². The number of aryl methyl sites for hydroxylation is 2. The minimum atomic E-state index is -4.21. The molecule has 0 amide bonds. The van der Waals surface area contributed by atoms with E-state index in [4.69, 9.17) is 5.14 Å². The van der Waals surface area contributed by atoms with Gasteiger partial charge in [-0.3, -0.25) is 9.78 Å². The van der Waals surface area contributed by atoms with Gasteiger partial charge in [0.25, 0.3) is 0 Å². The predicted molar refractivity (Wildman–Crippen MR) is 115 cm³/mol. The Morgan fingerprint density at radius 2 is 1.87 bits per heavy atom. The zero-order valence-corrected chi connectivity index (χ0v) is 18.0. The molecule has 0 aliphatic rings. The van der Waals surface area contributed by atoms with E-state index in [9.17, 15) is 18.3 Å². The van der Waals surface area contributed by atoms with Gasteiger partial charge in [-0.15, -0.1) is 0 Å². The van der Waals surface area contributed by atoms with Gasteiger partial charge in [0.1, 0.15) is 4.75 Å². The molecule has 3 N–H and O–H groups in total. The van der Waals surface area contributed by atoms with Crippen molar-refractivity contribution in [3.8, 4) is 0 Å². The van der Waals surface area contributed by atoms with Crippen molar-refractivity contribution in [3.63, 3.8) is 0 Å². The molecule has 2 heterocycles. The summed E-state index contributed by atoms with van der Waals surface area (Å²) >= 11 is 0. The summed E-state index contributed by atoms with van der Waals surface area (Å²) < 4.78 is 25.1. The van der Waals surface area contributed by atoms with Crippen LogP contribution < -0.4 is 5.14 Å². The number of primary sulfonamides is 1. The lowest BCUT2D eigenvalue weighted by atomic mass is 9.95. The van der Waals surface area contributed by atoms with Crippen LogP contribution in [0.15, 0.2) is 54.9 Å². The summed E-state index contributed by atoms with van der Waals surface area (Å²) in [5.41, 5.74) is 3.62. The Morgan fingerprint density at radius 3 is 2.40 bits per heavy atom. The second-order valence-electron chi connectivity index (χ2n) is 7.54.